The number of aryl methyl sites for hydroxylation is 2. The Kier molecular flexibility index (Phi) is 3.78. The Balaban J connectivity index is 1.65. The van der Waals surface area contributed by atoms with Crippen LogP contribution in [-0.4, -0.2) is 43.9 Å². The van der Waals surface area contributed by atoms with Gasteiger partial charge in [-0.15, -0.1) is 0 Å². The molecule has 3 rings (SSSR count). The molecule has 1 aromatic rings. The molecule has 0 aromatic carbocycles. The third-order valence-electron chi connectivity index (χ3n) is 5.24. The van der Waals surface area contributed by atoms with E-state index < -0.39 is 0 Å². The molecular weight excluding hydrogens is 266 g/mol. The second-order valence-corrected chi connectivity index (χ2v) is 6.58. The maximum atomic E-state index is 12.6. The Labute approximate surface area is 125 Å². The average molecular weight is 291 g/mol. The van der Waals surface area contributed by atoms with Crippen LogP contribution >= 0.6 is 0 Å². The summed E-state index contributed by atoms with van der Waals surface area (Å²) in [5, 5.41) is 14.2. The van der Waals surface area contributed by atoms with Gasteiger partial charge in [0, 0.05) is 31.2 Å². The molecule has 1 unspecified atom stereocenters. The van der Waals surface area contributed by atoms with Gasteiger partial charge in [0.1, 0.15) is 0 Å². The molecule has 1 N–H and O–H groups in total. The second kappa shape index (κ2) is 5.44. The van der Waals surface area contributed by atoms with Gasteiger partial charge in [-0.3, -0.25) is 9.48 Å². The number of aliphatic hydroxyl groups excluding tert-OH is 1. The first-order valence-corrected chi connectivity index (χ1v) is 7.95. The maximum Gasteiger partial charge on any atom is 0.223 e. The molecule has 0 saturated carbocycles. The van der Waals surface area contributed by atoms with Crippen LogP contribution in [0.4, 0.5) is 0 Å². The lowest BCUT2D eigenvalue weighted by molar-refractivity contribution is -0.137. The highest BCUT2D eigenvalue weighted by molar-refractivity contribution is 5.77. The molecule has 2 bridgehead atoms. The fraction of sp³-hybridized carbons (Fsp3) is 0.750. The number of amides is 1. The Morgan fingerprint density at radius 3 is 2.43 bits per heavy atom. The van der Waals surface area contributed by atoms with Crippen LogP contribution in [0.15, 0.2) is 0 Å². The lowest BCUT2D eigenvalue weighted by atomic mass is 9.98. The fourth-order valence-electron chi connectivity index (χ4n) is 4.10. The molecule has 3 heterocycles. The molecule has 0 aliphatic carbocycles. The maximum absolute atomic E-state index is 12.6. The van der Waals surface area contributed by atoms with E-state index in [4.69, 9.17) is 0 Å². The monoisotopic (exact) mass is 291 g/mol. The second-order valence-electron chi connectivity index (χ2n) is 6.58. The van der Waals surface area contributed by atoms with Crippen LogP contribution in [-0.2, 0) is 18.3 Å². The molecule has 5 heteroatoms. The summed E-state index contributed by atoms with van der Waals surface area (Å²) in [6.07, 6.45) is 4.73. The van der Waals surface area contributed by atoms with Gasteiger partial charge in [0.25, 0.3) is 0 Å². The summed E-state index contributed by atoms with van der Waals surface area (Å²) in [7, 11) is 1.94. The number of carbonyl (C=O) groups excluding carboxylic acids is 1. The molecule has 3 atom stereocenters. The largest absolute Gasteiger partial charge is 0.393 e. The standard InChI is InChI=1S/C16H25N3O2/c1-10-15(11(2)18(3)17-10)6-7-16(21)19-12-4-5-13(19)9-14(20)8-12/h12-14,20H,4-9H2,1-3H3/t12-,13+,14?. The van der Waals surface area contributed by atoms with Crippen molar-refractivity contribution in [2.45, 2.75) is 70.6 Å². The molecule has 0 radical (unpaired) electrons. The Bertz CT molecular complexity index is 538. The molecule has 116 valence electrons. The van der Waals surface area contributed by atoms with Gasteiger partial charge < -0.3 is 10.0 Å². The Morgan fingerprint density at radius 2 is 1.90 bits per heavy atom. The quantitative estimate of drug-likeness (QED) is 0.918. The fourth-order valence-corrected chi connectivity index (χ4v) is 4.10. The zero-order valence-corrected chi connectivity index (χ0v) is 13.2. The summed E-state index contributed by atoms with van der Waals surface area (Å²) in [5.74, 6) is 0.247. The van der Waals surface area contributed by atoms with Gasteiger partial charge in [-0.25, -0.2) is 0 Å². The first-order chi connectivity index (χ1) is 9.97. The first-order valence-electron chi connectivity index (χ1n) is 7.95. The molecule has 5 nitrogen and oxygen atoms in total. The van der Waals surface area contributed by atoms with E-state index in [2.05, 4.69) is 16.9 Å². The van der Waals surface area contributed by atoms with Crippen LogP contribution in [0.1, 0.15) is 49.1 Å². The lowest BCUT2D eigenvalue weighted by Crippen LogP contribution is -2.48. The third-order valence-corrected chi connectivity index (χ3v) is 5.24. The van der Waals surface area contributed by atoms with Crippen molar-refractivity contribution in [3.05, 3.63) is 17.0 Å². The van der Waals surface area contributed by atoms with Crippen LogP contribution < -0.4 is 0 Å². The lowest BCUT2D eigenvalue weighted by Gasteiger charge is -2.37. The van der Waals surface area contributed by atoms with E-state index >= 15 is 0 Å². The molecule has 21 heavy (non-hydrogen) atoms. The van der Waals surface area contributed by atoms with E-state index in [-0.39, 0.29) is 24.1 Å². The van der Waals surface area contributed by atoms with Crippen molar-refractivity contribution in [3.8, 4) is 0 Å². The minimum absolute atomic E-state index is 0.214. The minimum Gasteiger partial charge on any atom is -0.393 e. The van der Waals surface area contributed by atoms with Gasteiger partial charge >= 0.3 is 0 Å². The number of fused-ring (bicyclic) bond motifs is 2. The smallest absolute Gasteiger partial charge is 0.223 e. The molecule has 2 fully saturated rings. The average Bonchev–Trinajstić information content (AvgIpc) is 2.83. The summed E-state index contributed by atoms with van der Waals surface area (Å²) < 4.78 is 1.89. The number of hydrogen-bond donors (Lipinski definition) is 1. The topological polar surface area (TPSA) is 58.4 Å². The Hall–Kier alpha value is -1.36. The van der Waals surface area contributed by atoms with Crippen LogP contribution in [0.3, 0.4) is 0 Å². The van der Waals surface area contributed by atoms with Gasteiger partial charge in [0.2, 0.25) is 5.91 Å². The van der Waals surface area contributed by atoms with E-state index in [1.54, 1.807) is 0 Å². The number of aromatic nitrogens is 2. The highest BCUT2D eigenvalue weighted by Gasteiger charge is 2.42. The normalized spacial score (nSPS) is 28.2. The SMILES string of the molecule is Cc1nn(C)c(C)c1CCC(=O)N1[C@@H]2CC[C@H]1CC(O)C2. The van der Waals surface area contributed by atoms with Gasteiger partial charge in [-0.2, -0.15) is 5.10 Å². The van der Waals surface area contributed by atoms with Gasteiger partial charge in [-0.1, -0.05) is 0 Å². The molecule has 2 saturated heterocycles. The molecule has 1 amide bonds. The summed E-state index contributed by atoms with van der Waals surface area (Å²) in [6, 6.07) is 0.532. The van der Waals surface area contributed by atoms with E-state index in [1.165, 1.54) is 5.56 Å². The summed E-state index contributed by atoms with van der Waals surface area (Å²) in [6.45, 7) is 4.06. The number of nitrogens with zero attached hydrogens (tertiary/aromatic N) is 3. The van der Waals surface area contributed by atoms with Gasteiger partial charge in [0.15, 0.2) is 0 Å². The number of piperidine rings is 1. The number of hydrogen-bond acceptors (Lipinski definition) is 3. The van der Waals surface area contributed by atoms with E-state index in [0.29, 0.717) is 6.42 Å². The van der Waals surface area contributed by atoms with Crippen LogP contribution in [0.5, 0.6) is 0 Å². The molecular formula is C16H25N3O2. The van der Waals surface area contributed by atoms with Crippen molar-refractivity contribution in [2.75, 3.05) is 0 Å². The van der Waals surface area contributed by atoms with Gasteiger partial charge in [0.05, 0.1) is 11.8 Å². The van der Waals surface area contributed by atoms with E-state index in [1.807, 2.05) is 18.7 Å². The van der Waals surface area contributed by atoms with E-state index in [9.17, 15) is 9.90 Å². The first kappa shape index (κ1) is 14.6. The highest BCUT2D eigenvalue weighted by atomic mass is 16.3. The predicted molar refractivity (Wildman–Crippen MR) is 79.9 cm³/mol. The molecule has 0 spiro atoms. The molecule has 1 aromatic heterocycles. The van der Waals surface area contributed by atoms with E-state index in [0.717, 1.165) is 43.5 Å². The number of aliphatic hydroxyl groups is 1. The number of rotatable bonds is 3. The zero-order valence-electron chi connectivity index (χ0n) is 13.2. The van der Waals surface area contributed by atoms with Crippen molar-refractivity contribution in [1.29, 1.82) is 0 Å². The van der Waals surface area contributed by atoms with Crippen LogP contribution in [0.25, 0.3) is 0 Å². The van der Waals surface area contributed by atoms with Crippen molar-refractivity contribution < 1.29 is 9.90 Å². The summed E-state index contributed by atoms with van der Waals surface area (Å²) in [4.78, 5) is 14.6. The molecule has 2 aliphatic heterocycles. The van der Waals surface area contributed by atoms with Crippen molar-refractivity contribution in [2.24, 2.45) is 7.05 Å². The van der Waals surface area contributed by atoms with Crippen LogP contribution in [0.2, 0.25) is 0 Å². The zero-order chi connectivity index (χ0) is 15.1. The van der Waals surface area contributed by atoms with Crippen molar-refractivity contribution in [1.82, 2.24) is 14.7 Å². The summed E-state index contributed by atoms with van der Waals surface area (Å²) in [5.41, 5.74) is 3.38. The number of carbonyl (C=O) groups is 1. The summed E-state index contributed by atoms with van der Waals surface area (Å²) >= 11 is 0. The third kappa shape index (κ3) is 2.59. The minimum atomic E-state index is -0.214. The van der Waals surface area contributed by atoms with Crippen molar-refractivity contribution >= 4 is 5.91 Å². The van der Waals surface area contributed by atoms with Gasteiger partial charge in [-0.05, 0) is 51.5 Å². The highest BCUT2D eigenvalue weighted by Crippen LogP contribution is 2.36. The van der Waals surface area contributed by atoms with Crippen molar-refractivity contribution in [3.63, 3.8) is 0 Å². The van der Waals surface area contributed by atoms with Crippen LogP contribution in [0, 0.1) is 13.8 Å². The Morgan fingerprint density at radius 1 is 1.29 bits per heavy atom. The molecule has 2 aliphatic rings. The predicted octanol–water partition coefficient (Wildman–Crippen LogP) is 1.48.